The van der Waals surface area contributed by atoms with Crippen LogP contribution in [0.25, 0.3) is 0 Å². The summed E-state index contributed by atoms with van der Waals surface area (Å²) in [6.45, 7) is 1.97. The molecule has 2 atom stereocenters. The predicted octanol–water partition coefficient (Wildman–Crippen LogP) is -1.21. The fraction of sp³-hybridized carbons (Fsp3) is 0.714. The van der Waals surface area contributed by atoms with Gasteiger partial charge in [-0.2, -0.15) is 0 Å². The van der Waals surface area contributed by atoms with Crippen LogP contribution in [0.3, 0.4) is 0 Å². The smallest absolute Gasteiger partial charge is 0.0942 e. The summed E-state index contributed by atoms with van der Waals surface area (Å²) in [5, 5.41) is 20.0. The minimum absolute atomic E-state index is 0.00812. The van der Waals surface area contributed by atoms with Crippen molar-refractivity contribution < 1.29 is 10.2 Å². The van der Waals surface area contributed by atoms with Crippen LogP contribution in [0.4, 0.5) is 0 Å². The highest BCUT2D eigenvalue weighted by atomic mass is 16.3. The third-order valence-corrected chi connectivity index (χ3v) is 1.08. The maximum Gasteiger partial charge on any atom is 0.0942 e. The van der Waals surface area contributed by atoms with Crippen molar-refractivity contribution in [3.8, 4) is 0 Å². The molecule has 0 spiro atoms. The molecule has 0 aliphatic rings. The van der Waals surface area contributed by atoms with Gasteiger partial charge in [-0.05, 0) is 13.1 Å². The highest BCUT2D eigenvalue weighted by molar-refractivity contribution is 4.87. The maximum atomic E-state index is 8.85. The summed E-state index contributed by atoms with van der Waals surface area (Å²) in [6.07, 6.45) is 2.74. The summed E-state index contributed by atoms with van der Waals surface area (Å²) in [4.78, 5) is 0. The topological polar surface area (TPSA) is 78.5 Å². The molecule has 0 aliphatic heterocycles. The number of aliphatic hydroxyl groups excluding tert-OH is 2. The lowest BCUT2D eigenvalue weighted by Crippen LogP contribution is -2.26. The average molecular weight is 160 g/mol. The molecular formula is C7H16N2O2. The van der Waals surface area contributed by atoms with Crippen molar-refractivity contribution in [2.24, 2.45) is 5.73 Å². The molecule has 0 amide bonds. The maximum absolute atomic E-state index is 8.85. The Morgan fingerprint density at radius 3 is 2.73 bits per heavy atom. The van der Waals surface area contributed by atoms with Gasteiger partial charge in [-0.1, -0.05) is 6.08 Å². The van der Waals surface area contributed by atoms with E-state index in [2.05, 4.69) is 5.32 Å². The first-order valence-electron chi connectivity index (χ1n) is 3.61. The third kappa shape index (κ3) is 7.32. The molecule has 0 saturated heterocycles. The molecule has 0 aromatic rings. The Morgan fingerprint density at radius 2 is 2.27 bits per heavy atom. The van der Waals surface area contributed by atoms with Gasteiger partial charge in [0.2, 0.25) is 0 Å². The van der Waals surface area contributed by atoms with Gasteiger partial charge < -0.3 is 21.3 Å². The van der Waals surface area contributed by atoms with Crippen LogP contribution in [0.1, 0.15) is 6.92 Å². The van der Waals surface area contributed by atoms with Crippen LogP contribution in [-0.4, -0.2) is 35.5 Å². The molecule has 11 heavy (non-hydrogen) atoms. The standard InChI is InChI=1S/C7H16N2O2/c1-6(8)2-3-9-4-7(11)5-10/h2-3,6-7,9-11H,4-5,8H2,1H3/b3-2-. The van der Waals surface area contributed by atoms with Crippen molar-refractivity contribution in [3.63, 3.8) is 0 Å². The average Bonchev–Trinajstić information content (AvgIpc) is 1.97. The first-order valence-corrected chi connectivity index (χ1v) is 3.61. The van der Waals surface area contributed by atoms with Gasteiger partial charge in [0, 0.05) is 12.6 Å². The highest BCUT2D eigenvalue weighted by Crippen LogP contribution is 1.78. The molecule has 0 saturated carbocycles. The molecular weight excluding hydrogens is 144 g/mol. The Labute approximate surface area is 66.7 Å². The Balaban J connectivity index is 3.26. The van der Waals surface area contributed by atoms with Crippen LogP contribution in [0.5, 0.6) is 0 Å². The molecule has 0 bridgehead atoms. The van der Waals surface area contributed by atoms with E-state index in [4.69, 9.17) is 15.9 Å². The zero-order valence-electron chi connectivity index (χ0n) is 6.70. The van der Waals surface area contributed by atoms with E-state index in [9.17, 15) is 0 Å². The SMILES string of the molecule is CC(N)/C=C\NCC(O)CO. The Kier molecular flexibility index (Phi) is 5.83. The van der Waals surface area contributed by atoms with Crippen molar-refractivity contribution in [3.05, 3.63) is 12.3 Å². The van der Waals surface area contributed by atoms with Gasteiger partial charge in [-0.15, -0.1) is 0 Å². The van der Waals surface area contributed by atoms with Gasteiger partial charge in [-0.3, -0.25) is 0 Å². The fourth-order valence-corrected chi connectivity index (χ4v) is 0.488. The summed E-state index contributed by atoms with van der Waals surface area (Å²) < 4.78 is 0. The molecule has 4 nitrogen and oxygen atoms in total. The van der Waals surface area contributed by atoms with E-state index < -0.39 is 6.10 Å². The Bertz CT molecular complexity index is 115. The predicted molar refractivity (Wildman–Crippen MR) is 43.9 cm³/mol. The lowest BCUT2D eigenvalue weighted by molar-refractivity contribution is 0.0972. The molecule has 0 aromatic heterocycles. The van der Waals surface area contributed by atoms with Crippen LogP contribution >= 0.6 is 0 Å². The normalized spacial score (nSPS) is 16.7. The Morgan fingerprint density at radius 1 is 1.64 bits per heavy atom. The van der Waals surface area contributed by atoms with Crippen molar-refractivity contribution in [2.45, 2.75) is 19.1 Å². The molecule has 0 heterocycles. The van der Waals surface area contributed by atoms with Crippen LogP contribution in [0.2, 0.25) is 0 Å². The van der Waals surface area contributed by atoms with Gasteiger partial charge in [0.05, 0.1) is 12.7 Å². The van der Waals surface area contributed by atoms with Crippen LogP contribution in [-0.2, 0) is 0 Å². The van der Waals surface area contributed by atoms with Crippen molar-refractivity contribution in [1.82, 2.24) is 5.32 Å². The van der Waals surface area contributed by atoms with Gasteiger partial charge in [-0.25, -0.2) is 0 Å². The van der Waals surface area contributed by atoms with E-state index in [0.717, 1.165) is 0 Å². The zero-order valence-corrected chi connectivity index (χ0v) is 6.70. The monoisotopic (exact) mass is 160 g/mol. The number of nitrogens with two attached hydrogens (primary N) is 1. The molecule has 0 aliphatic carbocycles. The van der Waals surface area contributed by atoms with Gasteiger partial charge in [0.15, 0.2) is 0 Å². The number of rotatable bonds is 5. The number of hydrogen-bond donors (Lipinski definition) is 4. The number of nitrogens with one attached hydrogen (secondary N) is 1. The molecule has 4 heteroatoms. The first-order chi connectivity index (χ1) is 5.16. The van der Waals surface area contributed by atoms with Gasteiger partial charge in [0.1, 0.15) is 0 Å². The van der Waals surface area contributed by atoms with E-state index in [1.54, 1.807) is 12.3 Å². The second-order valence-corrected chi connectivity index (χ2v) is 2.46. The van der Waals surface area contributed by atoms with Gasteiger partial charge in [0.25, 0.3) is 0 Å². The lowest BCUT2D eigenvalue weighted by atomic mass is 10.3. The summed E-state index contributed by atoms with van der Waals surface area (Å²) in [5.74, 6) is 0. The second kappa shape index (κ2) is 6.15. The van der Waals surface area contributed by atoms with Crippen molar-refractivity contribution in [2.75, 3.05) is 13.2 Å². The molecule has 66 valence electrons. The lowest BCUT2D eigenvalue weighted by Gasteiger charge is -2.05. The zero-order chi connectivity index (χ0) is 8.69. The van der Waals surface area contributed by atoms with Crippen LogP contribution in [0.15, 0.2) is 12.3 Å². The molecule has 2 unspecified atom stereocenters. The van der Waals surface area contributed by atoms with Crippen LogP contribution in [0, 0.1) is 0 Å². The van der Waals surface area contributed by atoms with E-state index in [1.165, 1.54) is 0 Å². The van der Waals surface area contributed by atoms with Crippen molar-refractivity contribution >= 4 is 0 Å². The summed E-state index contributed by atoms with van der Waals surface area (Å²) in [6, 6.07) is 0.00812. The molecule has 0 aromatic carbocycles. The quantitative estimate of drug-likeness (QED) is 0.407. The first kappa shape index (κ1) is 10.4. The fourth-order valence-electron chi connectivity index (χ4n) is 0.488. The highest BCUT2D eigenvalue weighted by Gasteiger charge is 1.97. The van der Waals surface area contributed by atoms with Gasteiger partial charge >= 0.3 is 0 Å². The summed E-state index contributed by atoms with van der Waals surface area (Å²) >= 11 is 0. The number of aliphatic hydroxyl groups is 2. The minimum atomic E-state index is -0.701. The molecule has 0 fully saturated rings. The summed E-state index contributed by atoms with van der Waals surface area (Å²) in [5.41, 5.74) is 5.40. The summed E-state index contributed by atoms with van der Waals surface area (Å²) in [7, 11) is 0. The van der Waals surface area contributed by atoms with Crippen molar-refractivity contribution in [1.29, 1.82) is 0 Å². The van der Waals surface area contributed by atoms with E-state index in [-0.39, 0.29) is 12.6 Å². The van der Waals surface area contributed by atoms with E-state index >= 15 is 0 Å². The van der Waals surface area contributed by atoms with E-state index in [1.807, 2.05) is 6.92 Å². The largest absolute Gasteiger partial charge is 0.394 e. The molecule has 0 rings (SSSR count). The van der Waals surface area contributed by atoms with Crippen LogP contribution < -0.4 is 11.1 Å². The third-order valence-electron chi connectivity index (χ3n) is 1.08. The molecule has 5 N–H and O–H groups in total. The van der Waals surface area contributed by atoms with E-state index in [0.29, 0.717) is 6.54 Å². The minimum Gasteiger partial charge on any atom is -0.394 e. The Hall–Kier alpha value is -0.580. The second-order valence-electron chi connectivity index (χ2n) is 2.46. The molecule has 0 radical (unpaired) electrons. The number of hydrogen-bond acceptors (Lipinski definition) is 4.